The van der Waals surface area contributed by atoms with Crippen LogP contribution in [0.15, 0.2) is 48.5 Å². The third kappa shape index (κ3) is 8.94. The van der Waals surface area contributed by atoms with Gasteiger partial charge in [-0.25, -0.2) is 0 Å². The lowest BCUT2D eigenvalue weighted by Gasteiger charge is -2.09. The SMILES string of the molecule is C=O.CCCCCCCCOc1ccc(Oc2ccc(C)cc2)cc1. The molecule has 25 heavy (non-hydrogen) atoms. The minimum atomic E-state index is 0.796. The van der Waals surface area contributed by atoms with Crippen molar-refractivity contribution in [3.8, 4) is 17.2 Å². The third-order valence-corrected chi connectivity index (χ3v) is 3.85. The van der Waals surface area contributed by atoms with Crippen LogP contribution < -0.4 is 9.47 Å². The Morgan fingerprint density at radius 3 is 1.80 bits per heavy atom. The molecule has 2 aromatic rings. The van der Waals surface area contributed by atoms with Crippen LogP contribution in [-0.2, 0) is 4.79 Å². The molecule has 0 aliphatic carbocycles. The molecule has 136 valence electrons. The number of aryl methyl sites for hydroxylation is 1. The molecule has 0 aliphatic heterocycles. The van der Waals surface area contributed by atoms with Crippen LogP contribution in [-0.4, -0.2) is 13.4 Å². The highest BCUT2D eigenvalue weighted by molar-refractivity contribution is 5.36. The first kappa shape index (κ1) is 20.8. The largest absolute Gasteiger partial charge is 0.494 e. The Morgan fingerprint density at radius 1 is 0.720 bits per heavy atom. The predicted molar refractivity (Wildman–Crippen MR) is 104 cm³/mol. The lowest BCUT2D eigenvalue weighted by Crippen LogP contribution is -1.97. The maximum Gasteiger partial charge on any atom is 0.127 e. The zero-order valence-corrected chi connectivity index (χ0v) is 15.5. The normalized spacial score (nSPS) is 9.84. The van der Waals surface area contributed by atoms with Crippen LogP contribution in [0.3, 0.4) is 0 Å². The van der Waals surface area contributed by atoms with Crippen LogP contribution in [0.1, 0.15) is 51.0 Å². The fourth-order valence-electron chi connectivity index (χ4n) is 2.42. The standard InChI is InChI=1S/C21H28O2.CH2O/c1-3-4-5-6-7-8-17-22-19-13-15-21(16-14-19)23-20-11-9-18(2)10-12-20;1-2/h9-16H,3-8,17H2,1-2H3;1H2. The Hall–Kier alpha value is -2.29. The van der Waals surface area contributed by atoms with E-state index < -0.39 is 0 Å². The van der Waals surface area contributed by atoms with Crippen LogP contribution in [0.2, 0.25) is 0 Å². The average molecular weight is 342 g/mol. The Labute approximate surface area is 152 Å². The van der Waals surface area contributed by atoms with Gasteiger partial charge >= 0.3 is 0 Å². The summed E-state index contributed by atoms with van der Waals surface area (Å²) in [5, 5.41) is 0. The summed E-state index contributed by atoms with van der Waals surface area (Å²) in [6, 6.07) is 15.9. The Balaban J connectivity index is 0.00000151. The highest BCUT2D eigenvalue weighted by Crippen LogP contribution is 2.24. The summed E-state index contributed by atoms with van der Waals surface area (Å²) < 4.78 is 11.6. The molecular formula is C22H30O3. The fourth-order valence-corrected chi connectivity index (χ4v) is 2.42. The summed E-state index contributed by atoms with van der Waals surface area (Å²) in [5.74, 6) is 2.60. The summed E-state index contributed by atoms with van der Waals surface area (Å²) in [7, 11) is 0. The molecule has 3 nitrogen and oxygen atoms in total. The number of hydrogen-bond acceptors (Lipinski definition) is 3. The van der Waals surface area contributed by atoms with Gasteiger partial charge < -0.3 is 14.3 Å². The van der Waals surface area contributed by atoms with Crippen molar-refractivity contribution in [3.63, 3.8) is 0 Å². The molecule has 0 heterocycles. The smallest absolute Gasteiger partial charge is 0.127 e. The van der Waals surface area contributed by atoms with Crippen molar-refractivity contribution in [1.29, 1.82) is 0 Å². The first-order valence-corrected chi connectivity index (χ1v) is 9.04. The molecule has 0 amide bonds. The summed E-state index contributed by atoms with van der Waals surface area (Å²) in [6.45, 7) is 7.11. The molecule has 0 N–H and O–H groups in total. The van der Waals surface area contributed by atoms with Crippen LogP contribution in [0.4, 0.5) is 0 Å². The van der Waals surface area contributed by atoms with E-state index >= 15 is 0 Å². The van der Waals surface area contributed by atoms with Crippen molar-refractivity contribution in [2.45, 2.75) is 52.4 Å². The van der Waals surface area contributed by atoms with E-state index in [9.17, 15) is 0 Å². The van der Waals surface area contributed by atoms with E-state index in [0.717, 1.165) is 30.3 Å². The van der Waals surface area contributed by atoms with Gasteiger partial charge in [0.2, 0.25) is 0 Å². The topological polar surface area (TPSA) is 35.5 Å². The molecule has 2 aromatic carbocycles. The molecule has 0 atom stereocenters. The van der Waals surface area contributed by atoms with E-state index in [-0.39, 0.29) is 0 Å². The number of unbranched alkanes of at least 4 members (excludes halogenated alkanes) is 5. The number of ether oxygens (including phenoxy) is 2. The number of hydrogen-bond donors (Lipinski definition) is 0. The van der Waals surface area contributed by atoms with Gasteiger partial charge in [0, 0.05) is 0 Å². The lowest BCUT2D eigenvalue weighted by atomic mass is 10.1. The lowest BCUT2D eigenvalue weighted by molar-refractivity contribution is -0.0979. The summed E-state index contributed by atoms with van der Waals surface area (Å²) in [4.78, 5) is 8.00. The minimum Gasteiger partial charge on any atom is -0.494 e. The maximum absolute atomic E-state index is 8.00. The van der Waals surface area contributed by atoms with Gasteiger partial charge in [-0.05, 0) is 49.7 Å². The number of benzene rings is 2. The Morgan fingerprint density at radius 2 is 1.20 bits per heavy atom. The molecule has 3 heteroatoms. The zero-order valence-electron chi connectivity index (χ0n) is 15.5. The molecule has 0 bridgehead atoms. The van der Waals surface area contributed by atoms with Crippen molar-refractivity contribution in [2.75, 3.05) is 6.61 Å². The number of carbonyl (C=O) groups is 1. The van der Waals surface area contributed by atoms with E-state index in [4.69, 9.17) is 14.3 Å². The van der Waals surface area contributed by atoms with E-state index in [2.05, 4.69) is 13.8 Å². The molecule has 2 rings (SSSR count). The molecule has 0 aromatic heterocycles. The predicted octanol–water partition coefficient (Wildman–Crippen LogP) is 6.34. The molecule has 0 aliphatic rings. The van der Waals surface area contributed by atoms with Crippen molar-refractivity contribution in [2.24, 2.45) is 0 Å². The zero-order chi connectivity index (χ0) is 18.3. The van der Waals surface area contributed by atoms with Gasteiger partial charge in [-0.15, -0.1) is 0 Å². The second kappa shape index (κ2) is 13.1. The highest BCUT2D eigenvalue weighted by Gasteiger charge is 1.99. The van der Waals surface area contributed by atoms with Crippen LogP contribution in [0, 0.1) is 6.92 Å². The molecule has 0 saturated carbocycles. The summed E-state index contributed by atoms with van der Waals surface area (Å²) >= 11 is 0. The first-order valence-electron chi connectivity index (χ1n) is 9.04. The van der Waals surface area contributed by atoms with Crippen LogP contribution in [0.5, 0.6) is 17.2 Å². The van der Waals surface area contributed by atoms with Crippen LogP contribution >= 0.6 is 0 Å². The number of carbonyl (C=O) groups excluding carboxylic acids is 1. The quantitative estimate of drug-likeness (QED) is 0.472. The molecule has 0 saturated heterocycles. The highest BCUT2D eigenvalue weighted by atomic mass is 16.5. The van der Waals surface area contributed by atoms with E-state index in [1.165, 1.54) is 37.7 Å². The van der Waals surface area contributed by atoms with Crippen molar-refractivity contribution in [1.82, 2.24) is 0 Å². The molecule has 0 spiro atoms. The summed E-state index contributed by atoms with van der Waals surface area (Å²) in [6.07, 6.45) is 7.71. The average Bonchev–Trinajstić information content (AvgIpc) is 2.66. The Bertz CT molecular complexity index is 561. The molecule has 0 unspecified atom stereocenters. The summed E-state index contributed by atoms with van der Waals surface area (Å²) in [5.41, 5.74) is 1.23. The molecule has 0 radical (unpaired) electrons. The van der Waals surface area contributed by atoms with E-state index in [1.807, 2.05) is 55.3 Å². The van der Waals surface area contributed by atoms with Gasteiger partial charge in [-0.3, -0.25) is 0 Å². The maximum atomic E-state index is 8.00. The van der Waals surface area contributed by atoms with Gasteiger partial charge in [0.25, 0.3) is 0 Å². The van der Waals surface area contributed by atoms with Gasteiger partial charge in [-0.2, -0.15) is 0 Å². The molecule has 0 fully saturated rings. The monoisotopic (exact) mass is 342 g/mol. The van der Waals surface area contributed by atoms with E-state index in [0.29, 0.717) is 0 Å². The first-order chi connectivity index (χ1) is 12.3. The van der Waals surface area contributed by atoms with Crippen molar-refractivity contribution >= 4 is 6.79 Å². The van der Waals surface area contributed by atoms with Crippen molar-refractivity contribution in [3.05, 3.63) is 54.1 Å². The fraction of sp³-hybridized carbons (Fsp3) is 0.409. The third-order valence-electron chi connectivity index (χ3n) is 3.85. The number of rotatable bonds is 10. The molecular weight excluding hydrogens is 312 g/mol. The Kier molecular flexibility index (Phi) is 10.8. The van der Waals surface area contributed by atoms with Gasteiger partial charge in [0.05, 0.1) is 6.61 Å². The van der Waals surface area contributed by atoms with Gasteiger partial charge in [0.1, 0.15) is 24.0 Å². The second-order valence-corrected chi connectivity index (χ2v) is 6.00. The minimum absolute atomic E-state index is 0.796. The second-order valence-electron chi connectivity index (χ2n) is 6.00. The van der Waals surface area contributed by atoms with Crippen LogP contribution in [0.25, 0.3) is 0 Å². The van der Waals surface area contributed by atoms with Gasteiger partial charge in [0.15, 0.2) is 0 Å². The van der Waals surface area contributed by atoms with Gasteiger partial charge in [-0.1, -0.05) is 56.7 Å². The van der Waals surface area contributed by atoms with Crippen molar-refractivity contribution < 1.29 is 14.3 Å². The van der Waals surface area contributed by atoms with E-state index in [1.54, 1.807) is 0 Å².